The lowest BCUT2D eigenvalue weighted by Crippen LogP contribution is -2.51. The molecule has 0 radical (unpaired) electrons. The van der Waals surface area contributed by atoms with Gasteiger partial charge in [0.1, 0.15) is 0 Å². The maximum Gasteiger partial charge on any atom is 0.0613 e. The van der Waals surface area contributed by atoms with Gasteiger partial charge in [-0.3, -0.25) is 0 Å². The number of rotatable bonds is 10. The highest BCUT2D eigenvalue weighted by atomic mass is 16.3. The number of aliphatic hydroxyl groups is 1. The van der Waals surface area contributed by atoms with Crippen molar-refractivity contribution in [3.63, 3.8) is 0 Å². The van der Waals surface area contributed by atoms with Crippen LogP contribution in [0.15, 0.2) is 0 Å². The van der Waals surface area contributed by atoms with Gasteiger partial charge in [0.15, 0.2) is 0 Å². The maximum atomic E-state index is 9.82. The summed E-state index contributed by atoms with van der Waals surface area (Å²) in [6.07, 6.45) is 10.1. The minimum Gasteiger partial charge on any atom is -0.394 e. The average Bonchev–Trinajstić information content (AvgIpc) is 2.48. The zero-order valence-corrected chi connectivity index (χ0v) is 14.8. The molecule has 0 aromatic rings. The molecule has 1 fully saturated rings. The van der Waals surface area contributed by atoms with E-state index in [0.717, 1.165) is 18.9 Å². The van der Waals surface area contributed by atoms with Crippen LogP contribution in [-0.4, -0.2) is 47.3 Å². The summed E-state index contributed by atoms with van der Waals surface area (Å²) in [6.45, 7) is 11.6. The second-order valence-electron chi connectivity index (χ2n) is 7.17. The van der Waals surface area contributed by atoms with Gasteiger partial charge < -0.3 is 15.3 Å². The van der Waals surface area contributed by atoms with Gasteiger partial charge in [0.25, 0.3) is 0 Å². The van der Waals surface area contributed by atoms with Gasteiger partial charge in [-0.05, 0) is 51.6 Å². The van der Waals surface area contributed by atoms with E-state index in [9.17, 15) is 5.11 Å². The van der Waals surface area contributed by atoms with Crippen LogP contribution in [0, 0.1) is 0 Å². The SMILES string of the molecule is CCCC1CCCCN1CCCC(CC)(CO)NC(C)C. The monoisotopic (exact) mass is 298 g/mol. The van der Waals surface area contributed by atoms with Crippen molar-refractivity contribution >= 4 is 0 Å². The molecule has 21 heavy (non-hydrogen) atoms. The second-order valence-corrected chi connectivity index (χ2v) is 7.17. The van der Waals surface area contributed by atoms with E-state index in [-0.39, 0.29) is 12.1 Å². The van der Waals surface area contributed by atoms with Crippen LogP contribution in [0.2, 0.25) is 0 Å². The molecule has 0 spiro atoms. The minimum absolute atomic E-state index is 0.0792. The van der Waals surface area contributed by atoms with Crippen molar-refractivity contribution in [2.24, 2.45) is 0 Å². The molecule has 3 nitrogen and oxygen atoms in total. The van der Waals surface area contributed by atoms with E-state index >= 15 is 0 Å². The Labute approximate surface area is 132 Å². The number of piperidine rings is 1. The average molecular weight is 299 g/mol. The van der Waals surface area contributed by atoms with Crippen molar-refractivity contribution in [1.82, 2.24) is 10.2 Å². The van der Waals surface area contributed by atoms with E-state index in [1.54, 1.807) is 0 Å². The number of nitrogens with one attached hydrogen (secondary N) is 1. The molecule has 1 rings (SSSR count). The molecular weight excluding hydrogens is 260 g/mol. The van der Waals surface area contributed by atoms with Gasteiger partial charge in [-0.2, -0.15) is 0 Å². The molecule has 1 saturated heterocycles. The first-order valence-corrected chi connectivity index (χ1v) is 9.19. The number of nitrogens with zero attached hydrogens (tertiary/aromatic N) is 1. The number of likely N-dealkylation sites (tertiary alicyclic amines) is 1. The Kier molecular flexibility index (Phi) is 8.84. The molecular formula is C18H38N2O. The molecule has 3 heteroatoms. The highest BCUT2D eigenvalue weighted by Gasteiger charge is 2.28. The summed E-state index contributed by atoms with van der Waals surface area (Å²) in [6, 6.07) is 1.24. The number of aliphatic hydroxyl groups excluding tert-OH is 1. The molecule has 2 unspecified atom stereocenters. The highest BCUT2D eigenvalue weighted by Crippen LogP contribution is 2.23. The fourth-order valence-electron chi connectivity index (χ4n) is 3.83. The molecule has 0 amide bonds. The second kappa shape index (κ2) is 9.81. The van der Waals surface area contributed by atoms with E-state index in [1.807, 2.05) is 0 Å². The Balaban J connectivity index is 2.44. The summed E-state index contributed by atoms with van der Waals surface area (Å²) in [5.74, 6) is 0. The normalized spacial score (nSPS) is 23.4. The van der Waals surface area contributed by atoms with Crippen molar-refractivity contribution in [2.45, 2.75) is 96.7 Å². The fraction of sp³-hybridized carbons (Fsp3) is 1.00. The number of hydrogen-bond donors (Lipinski definition) is 2. The maximum absolute atomic E-state index is 9.82. The molecule has 0 aliphatic carbocycles. The smallest absolute Gasteiger partial charge is 0.0613 e. The molecule has 0 aromatic carbocycles. The molecule has 0 aromatic heterocycles. The van der Waals surface area contributed by atoms with Gasteiger partial charge in [-0.1, -0.05) is 40.5 Å². The summed E-state index contributed by atoms with van der Waals surface area (Å²) < 4.78 is 0. The Bertz CT molecular complexity index is 262. The van der Waals surface area contributed by atoms with Crippen LogP contribution < -0.4 is 5.32 Å². The molecule has 1 aliphatic heterocycles. The zero-order chi connectivity index (χ0) is 15.7. The molecule has 0 saturated carbocycles. The topological polar surface area (TPSA) is 35.5 Å². The third-order valence-electron chi connectivity index (χ3n) is 5.05. The van der Waals surface area contributed by atoms with Gasteiger partial charge in [0.2, 0.25) is 0 Å². The largest absolute Gasteiger partial charge is 0.394 e. The molecule has 0 bridgehead atoms. The van der Waals surface area contributed by atoms with Gasteiger partial charge in [-0.25, -0.2) is 0 Å². The molecule has 1 aliphatic rings. The molecule has 2 atom stereocenters. The van der Waals surface area contributed by atoms with Gasteiger partial charge >= 0.3 is 0 Å². The fourth-order valence-corrected chi connectivity index (χ4v) is 3.83. The van der Waals surface area contributed by atoms with Crippen molar-refractivity contribution in [2.75, 3.05) is 19.7 Å². The first-order chi connectivity index (χ1) is 10.1. The highest BCUT2D eigenvalue weighted by molar-refractivity contribution is 4.88. The van der Waals surface area contributed by atoms with Crippen molar-refractivity contribution in [3.05, 3.63) is 0 Å². The predicted octanol–water partition coefficient (Wildman–Crippen LogP) is 3.56. The summed E-state index contributed by atoms with van der Waals surface area (Å²) in [5, 5.41) is 13.4. The summed E-state index contributed by atoms with van der Waals surface area (Å²) >= 11 is 0. The van der Waals surface area contributed by atoms with Crippen LogP contribution in [0.1, 0.15) is 79.1 Å². The first kappa shape index (κ1) is 18.9. The van der Waals surface area contributed by atoms with Crippen LogP contribution in [0.4, 0.5) is 0 Å². The first-order valence-electron chi connectivity index (χ1n) is 9.19. The minimum atomic E-state index is -0.0792. The van der Waals surface area contributed by atoms with Crippen molar-refractivity contribution in [3.8, 4) is 0 Å². The zero-order valence-electron chi connectivity index (χ0n) is 14.8. The third-order valence-corrected chi connectivity index (χ3v) is 5.05. The Hall–Kier alpha value is -0.120. The lowest BCUT2D eigenvalue weighted by molar-refractivity contribution is 0.109. The van der Waals surface area contributed by atoms with Crippen LogP contribution in [-0.2, 0) is 0 Å². The number of hydrogen-bond acceptors (Lipinski definition) is 3. The Morgan fingerprint density at radius 1 is 1.29 bits per heavy atom. The third kappa shape index (κ3) is 6.25. The van der Waals surface area contributed by atoms with Crippen molar-refractivity contribution in [1.29, 1.82) is 0 Å². The van der Waals surface area contributed by atoms with E-state index in [2.05, 4.69) is 37.9 Å². The molecule has 126 valence electrons. The van der Waals surface area contributed by atoms with E-state index in [0.29, 0.717) is 6.04 Å². The van der Waals surface area contributed by atoms with Gasteiger partial charge in [0.05, 0.1) is 6.61 Å². The van der Waals surface area contributed by atoms with E-state index in [4.69, 9.17) is 0 Å². The van der Waals surface area contributed by atoms with Crippen molar-refractivity contribution < 1.29 is 5.11 Å². The lowest BCUT2D eigenvalue weighted by atomic mass is 9.89. The molecule has 1 heterocycles. The van der Waals surface area contributed by atoms with Crippen LogP contribution in [0.3, 0.4) is 0 Å². The quantitative estimate of drug-likeness (QED) is 0.647. The lowest BCUT2D eigenvalue weighted by Gasteiger charge is -2.38. The van der Waals surface area contributed by atoms with Gasteiger partial charge in [0, 0.05) is 17.6 Å². The standard InChI is InChI=1S/C18H38N2O/c1-5-10-17-11-7-8-13-20(17)14-9-12-18(6-2,15-21)19-16(3)4/h16-17,19,21H,5-15H2,1-4H3. The van der Waals surface area contributed by atoms with E-state index in [1.165, 1.54) is 51.6 Å². The van der Waals surface area contributed by atoms with Crippen LogP contribution in [0.25, 0.3) is 0 Å². The summed E-state index contributed by atoms with van der Waals surface area (Å²) in [4.78, 5) is 2.71. The van der Waals surface area contributed by atoms with Crippen LogP contribution >= 0.6 is 0 Å². The Morgan fingerprint density at radius 3 is 2.62 bits per heavy atom. The van der Waals surface area contributed by atoms with Gasteiger partial charge in [-0.15, -0.1) is 0 Å². The summed E-state index contributed by atoms with van der Waals surface area (Å²) in [7, 11) is 0. The van der Waals surface area contributed by atoms with Crippen LogP contribution in [0.5, 0.6) is 0 Å². The summed E-state index contributed by atoms with van der Waals surface area (Å²) in [5.41, 5.74) is -0.0792. The molecule has 2 N–H and O–H groups in total. The Morgan fingerprint density at radius 2 is 2.05 bits per heavy atom. The van der Waals surface area contributed by atoms with E-state index < -0.39 is 0 Å². The predicted molar refractivity (Wildman–Crippen MR) is 91.7 cm³/mol.